The standard InChI is InChI=1S/C12H17NO2S/c1-12(2,11(14)15)7-8-4-5-9(13)10(6-8)16-3/h4-6H,7,13H2,1-3H3,(H,14,15). The molecule has 16 heavy (non-hydrogen) atoms. The Bertz CT molecular complexity index is 402. The SMILES string of the molecule is CSc1cc(CC(C)(C)C(=O)O)ccc1N. The second-order valence-electron chi connectivity index (χ2n) is 4.44. The Morgan fingerprint density at radius 2 is 2.12 bits per heavy atom. The molecule has 0 aromatic heterocycles. The molecule has 0 aliphatic carbocycles. The molecule has 1 aromatic carbocycles. The van der Waals surface area contributed by atoms with Gasteiger partial charge >= 0.3 is 5.97 Å². The van der Waals surface area contributed by atoms with Crippen LogP contribution in [-0.2, 0) is 11.2 Å². The summed E-state index contributed by atoms with van der Waals surface area (Å²) in [6.07, 6.45) is 2.47. The van der Waals surface area contributed by atoms with Crippen molar-refractivity contribution >= 4 is 23.4 Å². The van der Waals surface area contributed by atoms with Crippen molar-refractivity contribution in [2.24, 2.45) is 5.41 Å². The first-order valence-corrected chi connectivity index (χ1v) is 6.25. The fourth-order valence-electron chi connectivity index (χ4n) is 1.45. The zero-order valence-corrected chi connectivity index (χ0v) is 10.6. The van der Waals surface area contributed by atoms with Crippen LogP contribution in [0.15, 0.2) is 23.1 Å². The van der Waals surface area contributed by atoms with Crippen LogP contribution < -0.4 is 5.73 Å². The third-order valence-corrected chi connectivity index (χ3v) is 3.32. The molecule has 0 amide bonds. The van der Waals surface area contributed by atoms with Gasteiger partial charge < -0.3 is 10.8 Å². The van der Waals surface area contributed by atoms with Crippen molar-refractivity contribution < 1.29 is 9.90 Å². The van der Waals surface area contributed by atoms with Crippen LogP contribution >= 0.6 is 11.8 Å². The number of nitrogens with two attached hydrogens (primary N) is 1. The minimum absolute atomic E-state index is 0.510. The van der Waals surface area contributed by atoms with E-state index in [-0.39, 0.29) is 0 Å². The number of aliphatic carboxylic acids is 1. The molecule has 0 bridgehead atoms. The van der Waals surface area contributed by atoms with Gasteiger partial charge in [0.15, 0.2) is 0 Å². The fraction of sp³-hybridized carbons (Fsp3) is 0.417. The van der Waals surface area contributed by atoms with Crippen molar-refractivity contribution in [3.05, 3.63) is 23.8 Å². The van der Waals surface area contributed by atoms with Crippen molar-refractivity contribution in [1.82, 2.24) is 0 Å². The van der Waals surface area contributed by atoms with Crippen LogP contribution in [0.2, 0.25) is 0 Å². The molecule has 4 heteroatoms. The van der Waals surface area contributed by atoms with Gasteiger partial charge in [-0.05, 0) is 44.2 Å². The summed E-state index contributed by atoms with van der Waals surface area (Å²) >= 11 is 1.57. The number of nitrogen functional groups attached to an aromatic ring is 1. The zero-order valence-electron chi connectivity index (χ0n) is 9.78. The summed E-state index contributed by atoms with van der Waals surface area (Å²) in [4.78, 5) is 12.0. The number of hydrogen-bond acceptors (Lipinski definition) is 3. The average molecular weight is 239 g/mol. The number of hydrogen-bond donors (Lipinski definition) is 2. The number of rotatable bonds is 4. The Morgan fingerprint density at radius 1 is 1.50 bits per heavy atom. The Morgan fingerprint density at radius 3 is 2.62 bits per heavy atom. The highest BCUT2D eigenvalue weighted by Crippen LogP contribution is 2.28. The molecular weight excluding hydrogens is 222 g/mol. The molecule has 0 saturated carbocycles. The van der Waals surface area contributed by atoms with Crippen LogP contribution in [0.3, 0.4) is 0 Å². The van der Waals surface area contributed by atoms with Gasteiger partial charge in [0.2, 0.25) is 0 Å². The van der Waals surface area contributed by atoms with Gasteiger partial charge in [0.25, 0.3) is 0 Å². The molecule has 0 fully saturated rings. The first-order valence-electron chi connectivity index (χ1n) is 5.02. The normalized spacial score (nSPS) is 11.4. The topological polar surface area (TPSA) is 63.3 Å². The predicted molar refractivity (Wildman–Crippen MR) is 67.8 cm³/mol. The van der Waals surface area contributed by atoms with E-state index < -0.39 is 11.4 Å². The summed E-state index contributed by atoms with van der Waals surface area (Å²) in [5.74, 6) is -0.782. The Balaban J connectivity index is 2.94. The van der Waals surface area contributed by atoms with Gasteiger partial charge in [-0.25, -0.2) is 0 Å². The lowest BCUT2D eigenvalue weighted by Crippen LogP contribution is -2.26. The van der Waals surface area contributed by atoms with Gasteiger partial charge in [-0.2, -0.15) is 0 Å². The summed E-state index contributed by atoms with van der Waals surface area (Å²) in [6, 6.07) is 5.68. The van der Waals surface area contributed by atoms with Gasteiger partial charge in [0.1, 0.15) is 0 Å². The van der Waals surface area contributed by atoms with E-state index in [0.717, 1.165) is 16.1 Å². The molecule has 0 radical (unpaired) electrons. The van der Waals surface area contributed by atoms with Gasteiger partial charge in [0, 0.05) is 10.6 Å². The molecule has 88 valence electrons. The molecule has 1 rings (SSSR count). The second kappa shape index (κ2) is 4.78. The molecule has 0 heterocycles. The first-order chi connectivity index (χ1) is 7.36. The molecular formula is C12H17NO2S. The minimum atomic E-state index is -0.782. The quantitative estimate of drug-likeness (QED) is 0.626. The number of carboxylic acid groups (broad SMARTS) is 1. The number of thioether (sulfide) groups is 1. The molecule has 0 unspecified atom stereocenters. The summed E-state index contributed by atoms with van der Waals surface area (Å²) in [6.45, 7) is 3.45. The third-order valence-electron chi connectivity index (χ3n) is 2.52. The van der Waals surface area contributed by atoms with Crippen molar-refractivity contribution in [3.63, 3.8) is 0 Å². The number of anilines is 1. The number of carboxylic acids is 1. The van der Waals surface area contributed by atoms with Crippen LogP contribution in [0.4, 0.5) is 5.69 Å². The van der Waals surface area contributed by atoms with Crippen LogP contribution in [0.5, 0.6) is 0 Å². The van der Waals surface area contributed by atoms with E-state index in [0.29, 0.717) is 6.42 Å². The smallest absolute Gasteiger partial charge is 0.309 e. The van der Waals surface area contributed by atoms with Crippen LogP contribution in [0.25, 0.3) is 0 Å². The average Bonchev–Trinajstić information content (AvgIpc) is 2.20. The molecule has 3 N–H and O–H groups in total. The highest BCUT2D eigenvalue weighted by atomic mass is 32.2. The highest BCUT2D eigenvalue weighted by Gasteiger charge is 2.27. The largest absolute Gasteiger partial charge is 0.481 e. The first kappa shape index (κ1) is 12.9. The van der Waals surface area contributed by atoms with Gasteiger partial charge in [-0.1, -0.05) is 6.07 Å². The van der Waals surface area contributed by atoms with E-state index in [1.165, 1.54) is 0 Å². The maximum Gasteiger partial charge on any atom is 0.309 e. The summed E-state index contributed by atoms with van der Waals surface area (Å²) in [5.41, 5.74) is 6.79. The summed E-state index contributed by atoms with van der Waals surface area (Å²) in [7, 11) is 0. The van der Waals surface area contributed by atoms with Crippen LogP contribution in [-0.4, -0.2) is 17.3 Å². The van der Waals surface area contributed by atoms with Crippen LogP contribution in [0.1, 0.15) is 19.4 Å². The summed E-state index contributed by atoms with van der Waals surface area (Å²) in [5, 5.41) is 9.05. The maximum atomic E-state index is 11.0. The maximum absolute atomic E-state index is 11.0. The van der Waals surface area contributed by atoms with Crippen molar-refractivity contribution in [3.8, 4) is 0 Å². The Hall–Kier alpha value is -1.16. The van der Waals surface area contributed by atoms with E-state index >= 15 is 0 Å². The molecule has 1 aromatic rings. The van der Waals surface area contributed by atoms with Gasteiger partial charge in [-0.15, -0.1) is 11.8 Å². The number of benzene rings is 1. The summed E-state index contributed by atoms with van der Waals surface area (Å²) < 4.78 is 0. The molecule has 0 atom stereocenters. The Kier molecular flexibility index (Phi) is 3.86. The number of carbonyl (C=O) groups is 1. The monoisotopic (exact) mass is 239 g/mol. The minimum Gasteiger partial charge on any atom is -0.481 e. The van der Waals surface area contributed by atoms with E-state index in [9.17, 15) is 4.79 Å². The van der Waals surface area contributed by atoms with Crippen molar-refractivity contribution in [1.29, 1.82) is 0 Å². The highest BCUT2D eigenvalue weighted by molar-refractivity contribution is 7.98. The molecule has 3 nitrogen and oxygen atoms in total. The Labute approximate surface area is 100 Å². The van der Waals surface area contributed by atoms with E-state index in [1.54, 1.807) is 25.6 Å². The zero-order chi connectivity index (χ0) is 12.3. The van der Waals surface area contributed by atoms with Crippen molar-refractivity contribution in [2.45, 2.75) is 25.2 Å². The van der Waals surface area contributed by atoms with E-state index in [1.807, 2.05) is 24.5 Å². The van der Waals surface area contributed by atoms with Crippen molar-refractivity contribution in [2.75, 3.05) is 12.0 Å². The lowest BCUT2D eigenvalue weighted by molar-refractivity contribution is -0.146. The third kappa shape index (κ3) is 2.92. The molecule has 0 saturated heterocycles. The van der Waals surface area contributed by atoms with Gasteiger partial charge in [0.05, 0.1) is 5.41 Å². The van der Waals surface area contributed by atoms with E-state index in [4.69, 9.17) is 10.8 Å². The van der Waals surface area contributed by atoms with E-state index in [2.05, 4.69) is 0 Å². The lowest BCUT2D eigenvalue weighted by atomic mass is 9.86. The van der Waals surface area contributed by atoms with Gasteiger partial charge in [-0.3, -0.25) is 4.79 Å². The fourth-order valence-corrected chi connectivity index (χ4v) is 2.02. The molecule has 0 aliphatic heterocycles. The predicted octanol–water partition coefficient (Wildman–Crippen LogP) is 2.64. The molecule has 0 spiro atoms. The lowest BCUT2D eigenvalue weighted by Gasteiger charge is -2.19. The second-order valence-corrected chi connectivity index (χ2v) is 5.29. The molecule has 0 aliphatic rings. The van der Waals surface area contributed by atoms with Crippen LogP contribution in [0, 0.1) is 5.41 Å².